The Hall–Kier alpha value is -1.56. The van der Waals surface area contributed by atoms with Crippen molar-refractivity contribution in [1.82, 2.24) is 0 Å². The van der Waals surface area contributed by atoms with Gasteiger partial charge < -0.3 is 9.84 Å². The van der Waals surface area contributed by atoms with Gasteiger partial charge in [-0.2, -0.15) is 0 Å². The zero-order chi connectivity index (χ0) is 18.8. The number of hydrogen-bond donors (Lipinski definition) is 1. The predicted octanol–water partition coefficient (Wildman–Crippen LogP) is 2.96. The van der Waals surface area contributed by atoms with Gasteiger partial charge in [-0.3, -0.25) is 19.2 Å². The minimum absolute atomic E-state index is 0.126. The summed E-state index contributed by atoms with van der Waals surface area (Å²) in [4.78, 5) is 49.9. The molecule has 0 amide bonds. The molecule has 1 atom stereocenters. The van der Waals surface area contributed by atoms with E-state index in [0.29, 0.717) is 19.4 Å². The average molecular weight is 342 g/mol. The summed E-state index contributed by atoms with van der Waals surface area (Å²) in [5.74, 6) is -4.27. The first-order valence-electron chi connectivity index (χ1n) is 8.80. The second kappa shape index (κ2) is 11.1. The van der Waals surface area contributed by atoms with Crippen molar-refractivity contribution in [2.75, 3.05) is 6.61 Å². The smallest absolute Gasteiger partial charge is 0.332 e. The van der Waals surface area contributed by atoms with Crippen LogP contribution in [0.2, 0.25) is 0 Å². The lowest BCUT2D eigenvalue weighted by Gasteiger charge is -2.29. The minimum Gasteiger partial charge on any atom is -0.480 e. The van der Waals surface area contributed by atoms with Gasteiger partial charge in [-0.1, -0.05) is 34.1 Å². The molecule has 24 heavy (non-hydrogen) atoms. The maximum Gasteiger partial charge on any atom is 0.332 e. The third-order valence-electron chi connectivity index (χ3n) is 3.96. The van der Waals surface area contributed by atoms with Crippen LogP contribution in [0.5, 0.6) is 0 Å². The van der Waals surface area contributed by atoms with E-state index < -0.39 is 34.8 Å². The Kier molecular flexibility index (Phi) is 10.4. The molecule has 0 aliphatic carbocycles. The average Bonchev–Trinajstić information content (AvgIpc) is 2.52. The number of Topliss-reactive ketones (excluding diaryl/α,β-unsaturated/α-hetero) is 3. The summed E-state index contributed by atoms with van der Waals surface area (Å²) in [7, 11) is 0. The van der Waals surface area contributed by atoms with Crippen LogP contribution in [0.1, 0.15) is 72.6 Å². The van der Waals surface area contributed by atoms with E-state index in [1.54, 1.807) is 20.8 Å². The summed E-state index contributed by atoms with van der Waals surface area (Å²) in [6, 6.07) is 0. The van der Waals surface area contributed by atoms with Gasteiger partial charge in [-0.25, -0.2) is 0 Å². The molecule has 0 radical (unpaired) electrons. The molecule has 0 aromatic heterocycles. The zero-order valence-corrected chi connectivity index (χ0v) is 15.2. The molecule has 0 aromatic carbocycles. The van der Waals surface area contributed by atoms with Crippen molar-refractivity contribution in [2.24, 2.45) is 5.41 Å². The fourth-order valence-corrected chi connectivity index (χ4v) is 2.59. The van der Waals surface area contributed by atoms with Crippen molar-refractivity contribution < 1.29 is 29.0 Å². The fourth-order valence-electron chi connectivity index (χ4n) is 2.59. The molecule has 0 saturated heterocycles. The van der Waals surface area contributed by atoms with Crippen molar-refractivity contribution in [3.05, 3.63) is 0 Å². The summed E-state index contributed by atoms with van der Waals surface area (Å²) >= 11 is 0. The van der Waals surface area contributed by atoms with Gasteiger partial charge >= 0.3 is 5.97 Å². The Morgan fingerprint density at radius 1 is 0.917 bits per heavy atom. The van der Waals surface area contributed by atoms with Crippen LogP contribution < -0.4 is 0 Å². The first-order valence-corrected chi connectivity index (χ1v) is 8.80. The fraction of sp³-hybridized carbons (Fsp3) is 0.778. The zero-order valence-electron chi connectivity index (χ0n) is 15.2. The number of ketones is 3. The summed E-state index contributed by atoms with van der Waals surface area (Å²) in [5.41, 5.74) is -2.63. The number of aliphatic carboxylic acids is 1. The maximum atomic E-state index is 12.9. The van der Waals surface area contributed by atoms with Gasteiger partial charge in [0, 0.05) is 19.4 Å². The van der Waals surface area contributed by atoms with Gasteiger partial charge in [0.25, 0.3) is 0 Å². The van der Waals surface area contributed by atoms with E-state index in [4.69, 9.17) is 4.74 Å². The number of carboxylic acid groups (broad SMARTS) is 1. The molecule has 1 unspecified atom stereocenters. The van der Waals surface area contributed by atoms with E-state index >= 15 is 0 Å². The maximum absolute atomic E-state index is 12.9. The highest BCUT2D eigenvalue weighted by Gasteiger charge is 2.59. The third kappa shape index (κ3) is 4.97. The summed E-state index contributed by atoms with van der Waals surface area (Å²) in [6.45, 7) is 7.34. The van der Waals surface area contributed by atoms with Crippen molar-refractivity contribution in [3.63, 3.8) is 0 Å². The van der Waals surface area contributed by atoms with Gasteiger partial charge in [0.15, 0.2) is 17.3 Å². The Labute approximate surface area is 143 Å². The van der Waals surface area contributed by atoms with E-state index in [0.717, 1.165) is 12.8 Å². The normalized spacial score (nSPS) is 12.7. The predicted molar refractivity (Wildman–Crippen MR) is 89.8 cm³/mol. The van der Waals surface area contributed by atoms with Crippen LogP contribution in [0.15, 0.2) is 0 Å². The number of hydrogen-bond acceptors (Lipinski definition) is 5. The van der Waals surface area contributed by atoms with Crippen LogP contribution in [0.25, 0.3) is 0 Å². The van der Waals surface area contributed by atoms with Crippen molar-refractivity contribution in [3.8, 4) is 0 Å². The van der Waals surface area contributed by atoms with Crippen LogP contribution in [0.4, 0.5) is 0 Å². The van der Waals surface area contributed by atoms with Crippen molar-refractivity contribution in [1.29, 1.82) is 0 Å². The lowest BCUT2D eigenvalue weighted by atomic mass is 9.70. The van der Waals surface area contributed by atoms with Crippen LogP contribution in [0.3, 0.4) is 0 Å². The summed E-state index contributed by atoms with van der Waals surface area (Å²) in [5, 5.41) is 9.69. The Balaban J connectivity index is 5.87. The SMILES string of the molecule is CCCCOC(CC)C(=O)C(C(=O)O)(C(=O)CCC)C(=O)CCC. The Morgan fingerprint density at radius 3 is 1.75 bits per heavy atom. The number of carbonyl (C=O) groups is 4. The minimum atomic E-state index is -2.63. The quantitative estimate of drug-likeness (QED) is 0.385. The van der Waals surface area contributed by atoms with Gasteiger partial charge in [-0.05, 0) is 25.7 Å². The van der Waals surface area contributed by atoms with Crippen molar-refractivity contribution >= 4 is 23.3 Å². The van der Waals surface area contributed by atoms with Crippen LogP contribution >= 0.6 is 0 Å². The molecule has 0 aromatic rings. The Morgan fingerprint density at radius 2 is 1.42 bits per heavy atom. The third-order valence-corrected chi connectivity index (χ3v) is 3.96. The topological polar surface area (TPSA) is 97.7 Å². The number of rotatable bonds is 14. The first kappa shape index (κ1) is 22.4. The molecule has 0 saturated carbocycles. The summed E-state index contributed by atoms with van der Waals surface area (Å²) in [6.07, 6.45) is 1.22. The van der Waals surface area contributed by atoms with E-state index in [1.807, 2.05) is 6.92 Å². The van der Waals surface area contributed by atoms with E-state index in [9.17, 15) is 24.3 Å². The van der Waals surface area contributed by atoms with E-state index in [-0.39, 0.29) is 19.3 Å². The molecular weight excluding hydrogens is 312 g/mol. The highest BCUT2D eigenvalue weighted by molar-refractivity contribution is 6.37. The number of carbonyl (C=O) groups excluding carboxylic acids is 3. The highest BCUT2D eigenvalue weighted by atomic mass is 16.5. The molecule has 0 bridgehead atoms. The molecule has 0 spiro atoms. The molecule has 6 nitrogen and oxygen atoms in total. The van der Waals surface area contributed by atoms with Gasteiger partial charge in [-0.15, -0.1) is 0 Å². The monoisotopic (exact) mass is 342 g/mol. The van der Waals surface area contributed by atoms with Gasteiger partial charge in [0.05, 0.1) is 0 Å². The number of unbranched alkanes of at least 4 members (excludes halogenated alkanes) is 1. The molecule has 0 heterocycles. The molecule has 0 aliphatic rings. The molecule has 138 valence electrons. The lowest BCUT2D eigenvalue weighted by molar-refractivity contribution is -0.168. The van der Waals surface area contributed by atoms with Gasteiger partial charge in [0.1, 0.15) is 6.10 Å². The van der Waals surface area contributed by atoms with Crippen LogP contribution in [-0.4, -0.2) is 41.1 Å². The van der Waals surface area contributed by atoms with E-state index in [2.05, 4.69) is 0 Å². The standard InChI is InChI=1S/C18H30O6/c1-5-9-12-24-13(8-4)16(21)18(17(22)23,14(19)10-6-2)15(20)11-7-3/h13H,5-12H2,1-4H3,(H,22,23). The first-order chi connectivity index (χ1) is 11.3. The number of carboxylic acids is 1. The van der Waals surface area contributed by atoms with Crippen LogP contribution in [0, 0.1) is 5.41 Å². The summed E-state index contributed by atoms with van der Waals surface area (Å²) < 4.78 is 5.49. The molecule has 0 aliphatic heterocycles. The molecule has 0 fully saturated rings. The molecule has 0 rings (SSSR count). The van der Waals surface area contributed by atoms with E-state index in [1.165, 1.54) is 0 Å². The molecule has 1 N–H and O–H groups in total. The Bertz CT molecular complexity index is 436. The second-order valence-corrected chi connectivity index (χ2v) is 5.89. The highest BCUT2D eigenvalue weighted by Crippen LogP contribution is 2.30. The molecular formula is C18H30O6. The van der Waals surface area contributed by atoms with Crippen LogP contribution in [-0.2, 0) is 23.9 Å². The second-order valence-electron chi connectivity index (χ2n) is 5.89. The lowest BCUT2D eigenvalue weighted by Crippen LogP contribution is -2.56. The number of ether oxygens (including phenoxy) is 1. The largest absolute Gasteiger partial charge is 0.480 e. The van der Waals surface area contributed by atoms with Crippen molar-refractivity contribution in [2.45, 2.75) is 78.7 Å². The van der Waals surface area contributed by atoms with Gasteiger partial charge in [0.2, 0.25) is 5.41 Å². The molecule has 6 heteroatoms.